The van der Waals surface area contributed by atoms with E-state index in [0.29, 0.717) is 29.6 Å². The Bertz CT molecular complexity index is 1310. The van der Waals surface area contributed by atoms with Crippen LogP contribution >= 0.6 is 35.6 Å². The Morgan fingerprint density at radius 2 is 2.00 bits per heavy atom. The highest BCUT2D eigenvalue weighted by atomic mass is 35.5. The van der Waals surface area contributed by atoms with Gasteiger partial charge >= 0.3 is 0 Å². The van der Waals surface area contributed by atoms with Gasteiger partial charge in [0.05, 0.1) is 17.0 Å². The van der Waals surface area contributed by atoms with Crippen LogP contribution in [0.25, 0.3) is 6.08 Å². The van der Waals surface area contributed by atoms with Crippen molar-refractivity contribution < 1.29 is 19.4 Å². The van der Waals surface area contributed by atoms with E-state index in [2.05, 4.69) is 0 Å². The van der Waals surface area contributed by atoms with Crippen molar-refractivity contribution in [3.8, 4) is 11.9 Å². The maximum atomic E-state index is 13.2. The van der Waals surface area contributed by atoms with Gasteiger partial charge in [0.15, 0.2) is 5.78 Å². The molecule has 1 aliphatic rings. The van der Waals surface area contributed by atoms with Gasteiger partial charge in [-0.2, -0.15) is 5.26 Å². The number of nitriles is 1. The number of amides is 1. The molecule has 1 N–H and O–H groups in total. The summed E-state index contributed by atoms with van der Waals surface area (Å²) < 4.78 is 6.44. The van der Waals surface area contributed by atoms with Crippen LogP contribution in [0.2, 0.25) is 5.02 Å². The Kier molecular flexibility index (Phi) is 8.86. The third kappa shape index (κ3) is 5.82. The number of carbonyl (C=O) groups is 2. The van der Waals surface area contributed by atoms with Gasteiger partial charge in [0, 0.05) is 24.8 Å². The van der Waals surface area contributed by atoms with Crippen LogP contribution in [0.1, 0.15) is 40.4 Å². The minimum Gasteiger partial charge on any atom is -0.494 e. The van der Waals surface area contributed by atoms with Crippen molar-refractivity contribution in [2.75, 3.05) is 19.8 Å². The van der Waals surface area contributed by atoms with Gasteiger partial charge in [-0.1, -0.05) is 47.7 Å². The van der Waals surface area contributed by atoms with Crippen LogP contribution in [0, 0.1) is 18.3 Å². The van der Waals surface area contributed by atoms with Gasteiger partial charge < -0.3 is 9.84 Å². The van der Waals surface area contributed by atoms with Gasteiger partial charge in [-0.05, 0) is 49.6 Å². The number of rotatable bonds is 9. The second kappa shape index (κ2) is 11.6. The van der Waals surface area contributed by atoms with Gasteiger partial charge in [-0.15, -0.1) is 0 Å². The van der Waals surface area contributed by atoms with Crippen molar-refractivity contribution >= 4 is 57.7 Å². The van der Waals surface area contributed by atoms with Crippen LogP contribution < -0.4 is 5.56 Å². The van der Waals surface area contributed by atoms with Crippen molar-refractivity contribution in [1.82, 2.24) is 9.47 Å². The number of nitrogens with zero attached hydrogens (tertiary/aromatic N) is 3. The number of hydrogen-bond donors (Lipinski definition) is 1. The van der Waals surface area contributed by atoms with Crippen LogP contribution in [-0.2, 0) is 16.1 Å². The summed E-state index contributed by atoms with van der Waals surface area (Å²) in [5, 5.41) is 20.9. The summed E-state index contributed by atoms with van der Waals surface area (Å²) in [6.45, 7) is 3.71. The molecule has 35 heavy (non-hydrogen) atoms. The summed E-state index contributed by atoms with van der Waals surface area (Å²) >= 11 is 12.3. The number of pyridine rings is 1. The van der Waals surface area contributed by atoms with Crippen molar-refractivity contribution in [1.29, 1.82) is 5.26 Å². The molecule has 1 aromatic heterocycles. The fourth-order valence-electron chi connectivity index (χ4n) is 3.53. The molecule has 1 aromatic carbocycles. The van der Waals surface area contributed by atoms with Gasteiger partial charge in [0.1, 0.15) is 16.0 Å². The molecular formula is C24H22ClN3O5S2. The van der Waals surface area contributed by atoms with Gasteiger partial charge in [0.2, 0.25) is 5.88 Å². The molecular weight excluding hydrogens is 510 g/mol. The predicted octanol–water partition coefficient (Wildman–Crippen LogP) is 3.90. The molecule has 0 radical (unpaired) electrons. The summed E-state index contributed by atoms with van der Waals surface area (Å²) in [6, 6.07) is 8.71. The van der Waals surface area contributed by atoms with Crippen molar-refractivity contribution in [3.05, 3.63) is 66.8 Å². The van der Waals surface area contributed by atoms with E-state index in [9.17, 15) is 24.8 Å². The Balaban J connectivity index is 1.89. The fraction of sp³-hybridized carbons (Fsp3) is 0.292. The highest BCUT2D eigenvalue weighted by Gasteiger charge is 2.35. The normalized spacial score (nSPS) is 14.6. The molecule has 0 bridgehead atoms. The molecule has 0 unspecified atom stereocenters. The average molecular weight is 532 g/mol. The first-order valence-electron chi connectivity index (χ1n) is 10.7. The molecule has 0 aliphatic carbocycles. The average Bonchev–Trinajstić information content (AvgIpc) is 3.07. The van der Waals surface area contributed by atoms with Crippen molar-refractivity contribution in [2.24, 2.45) is 0 Å². The molecule has 1 fully saturated rings. The number of Topliss-reactive ketones (excluding diaryl/α,β-unsaturated/α-hetero) is 1. The quantitative estimate of drug-likeness (QED) is 0.224. The summed E-state index contributed by atoms with van der Waals surface area (Å²) in [5.41, 5.74) is -0.313. The van der Waals surface area contributed by atoms with Crippen LogP contribution in [0.15, 0.2) is 34.0 Å². The second-order valence-electron chi connectivity index (χ2n) is 7.56. The maximum Gasteiger partial charge on any atom is 0.271 e. The lowest BCUT2D eigenvalue weighted by atomic mass is 10.0. The first-order chi connectivity index (χ1) is 16.7. The lowest BCUT2D eigenvalue weighted by molar-refractivity contribution is -0.121. The zero-order valence-corrected chi connectivity index (χ0v) is 21.4. The molecule has 2 aromatic rings. The van der Waals surface area contributed by atoms with Crippen molar-refractivity contribution in [3.63, 3.8) is 0 Å². The number of aromatic nitrogens is 1. The standard InChI is InChI=1S/C24H22ClN3O5S2/c1-3-33-10-4-9-27-21(30)17(12-26)14(2)20(23(27)32)18(29)13-28-22(31)19(35-24(28)34)11-15-5-7-16(25)8-6-15/h5-8,11,32H,3-4,9-10,13H2,1-2H3/b19-11-. The Morgan fingerprint density at radius 3 is 2.63 bits per heavy atom. The first-order valence-corrected chi connectivity index (χ1v) is 12.3. The molecule has 3 rings (SSSR count). The smallest absolute Gasteiger partial charge is 0.271 e. The summed E-state index contributed by atoms with van der Waals surface area (Å²) in [4.78, 5) is 40.4. The zero-order chi connectivity index (χ0) is 25.7. The largest absolute Gasteiger partial charge is 0.494 e. The molecule has 8 nitrogen and oxygen atoms in total. The van der Waals surface area contributed by atoms with Gasteiger partial charge in [0.25, 0.3) is 11.5 Å². The predicted molar refractivity (Wildman–Crippen MR) is 139 cm³/mol. The Labute approximate surface area is 216 Å². The molecule has 0 saturated carbocycles. The molecule has 1 saturated heterocycles. The van der Waals surface area contributed by atoms with Crippen LogP contribution in [0.4, 0.5) is 0 Å². The summed E-state index contributed by atoms with van der Waals surface area (Å²) in [6.07, 6.45) is 2.04. The number of carbonyl (C=O) groups excluding carboxylic acids is 2. The topological polar surface area (TPSA) is 113 Å². The Morgan fingerprint density at radius 1 is 1.31 bits per heavy atom. The minimum atomic E-state index is -0.688. The monoisotopic (exact) mass is 531 g/mol. The fourth-order valence-corrected chi connectivity index (χ4v) is 4.91. The number of ether oxygens (including phenoxy) is 1. The number of thiocarbonyl (C=S) groups is 1. The van der Waals surface area contributed by atoms with E-state index in [1.165, 1.54) is 6.92 Å². The zero-order valence-electron chi connectivity index (χ0n) is 19.0. The van der Waals surface area contributed by atoms with Crippen LogP contribution in [0.3, 0.4) is 0 Å². The molecule has 0 atom stereocenters. The van der Waals surface area contributed by atoms with Gasteiger partial charge in [-0.3, -0.25) is 23.9 Å². The van der Waals surface area contributed by atoms with E-state index < -0.39 is 29.7 Å². The molecule has 2 heterocycles. The number of hydrogen-bond acceptors (Lipinski definition) is 8. The molecule has 0 spiro atoms. The number of thioether (sulfide) groups is 1. The summed E-state index contributed by atoms with van der Waals surface area (Å²) in [5.74, 6) is -1.64. The van der Waals surface area contributed by atoms with Crippen molar-refractivity contribution in [2.45, 2.75) is 26.8 Å². The first kappa shape index (κ1) is 26.6. The molecule has 1 amide bonds. The third-order valence-electron chi connectivity index (χ3n) is 5.30. The Hall–Kier alpha value is -2.97. The summed E-state index contributed by atoms with van der Waals surface area (Å²) in [7, 11) is 0. The van der Waals surface area contributed by atoms with E-state index in [1.807, 2.05) is 13.0 Å². The number of halogens is 1. The molecule has 182 valence electrons. The highest BCUT2D eigenvalue weighted by Crippen LogP contribution is 2.33. The van der Waals surface area contributed by atoms with Gasteiger partial charge in [-0.25, -0.2) is 0 Å². The van der Waals surface area contributed by atoms with E-state index in [0.717, 1.165) is 26.8 Å². The number of ketones is 1. The molecule has 1 aliphatic heterocycles. The second-order valence-corrected chi connectivity index (χ2v) is 9.67. The number of aromatic hydroxyl groups is 1. The van der Waals surface area contributed by atoms with E-state index in [4.69, 9.17) is 28.6 Å². The van der Waals surface area contributed by atoms with Crippen LogP contribution in [0.5, 0.6) is 5.88 Å². The van der Waals surface area contributed by atoms with E-state index >= 15 is 0 Å². The van der Waals surface area contributed by atoms with Crippen LogP contribution in [-0.4, -0.2) is 50.3 Å². The third-order valence-corrected chi connectivity index (χ3v) is 6.93. The SMILES string of the molecule is CCOCCCn1c(O)c(C(=O)CN2C(=O)/C(=C/c3ccc(Cl)cc3)SC2=S)c(C)c(C#N)c1=O. The molecule has 11 heteroatoms. The lowest BCUT2D eigenvalue weighted by Crippen LogP contribution is -2.35. The number of benzene rings is 1. The minimum absolute atomic E-state index is 0.0585. The maximum absolute atomic E-state index is 13.2. The highest BCUT2D eigenvalue weighted by molar-refractivity contribution is 8.26. The van der Waals surface area contributed by atoms with E-state index in [1.54, 1.807) is 30.3 Å². The lowest BCUT2D eigenvalue weighted by Gasteiger charge is -2.18. The van der Waals surface area contributed by atoms with E-state index in [-0.39, 0.29) is 27.6 Å².